The van der Waals surface area contributed by atoms with Crippen LogP contribution in [0, 0.1) is 5.82 Å². The summed E-state index contributed by atoms with van der Waals surface area (Å²) in [6.07, 6.45) is -15.5. The number of nitrogens with zero attached hydrogens (tertiary/aromatic N) is 4. The van der Waals surface area contributed by atoms with Crippen molar-refractivity contribution in [1.82, 2.24) is 14.9 Å². The maximum absolute atomic E-state index is 13.2. The third-order valence-corrected chi connectivity index (χ3v) is 6.92. The largest absolute Gasteiger partial charge is 0.490 e. The predicted molar refractivity (Wildman–Crippen MR) is 162 cm³/mol. The number of likely N-dealkylation sites (tertiary alicyclic amines) is 1. The van der Waals surface area contributed by atoms with Gasteiger partial charge in [-0.05, 0) is 54.9 Å². The van der Waals surface area contributed by atoms with Crippen LogP contribution in [0.1, 0.15) is 23.4 Å². The number of aliphatic carboxylic acids is 4. The minimum atomic E-state index is -5.08. The first-order valence-electron chi connectivity index (χ1n) is 14.8. The zero-order chi connectivity index (χ0) is 43.3. The topological polar surface area (TPSA) is 181 Å². The Kier molecular flexibility index (Phi) is 17.0. The van der Waals surface area contributed by atoms with E-state index in [1.807, 2.05) is 42.7 Å². The van der Waals surface area contributed by atoms with Crippen LogP contribution >= 0.6 is 0 Å². The number of alkyl halides is 12. The first-order chi connectivity index (χ1) is 25.5. The number of benzene rings is 1. The molecule has 2 aliphatic rings. The van der Waals surface area contributed by atoms with Crippen LogP contribution in [-0.2, 0) is 37.7 Å². The molecule has 1 saturated heterocycles. The molecule has 3 aromatic rings. The average molecular weight is 831 g/mol. The van der Waals surface area contributed by atoms with Gasteiger partial charge in [-0.3, -0.25) is 14.9 Å². The lowest BCUT2D eigenvalue weighted by atomic mass is 9.85. The Morgan fingerprint density at radius 2 is 1.05 bits per heavy atom. The molecule has 1 fully saturated rings. The van der Waals surface area contributed by atoms with Crippen LogP contribution < -0.4 is 4.90 Å². The molecule has 2 aromatic heterocycles. The summed E-state index contributed by atoms with van der Waals surface area (Å²) >= 11 is 0. The number of halogens is 13. The van der Waals surface area contributed by atoms with Crippen LogP contribution in [-0.4, -0.2) is 104 Å². The van der Waals surface area contributed by atoms with Gasteiger partial charge >= 0.3 is 48.6 Å². The van der Waals surface area contributed by atoms with Gasteiger partial charge in [-0.15, -0.1) is 0 Å². The summed E-state index contributed by atoms with van der Waals surface area (Å²) in [6.45, 7) is 4.64. The van der Waals surface area contributed by atoms with Gasteiger partial charge < -0.3 is 25.3 Å². The zero-order valence-electron chi connectivity index (χ0n) is 27.7. The lowest BCUT2D eigenvalue weighted by Crippen LogP contribution is -2.36. The molecular formula is C31H27F13N4O8. The normalized spacial score (nSPS) is 16.3. The van der Waals surface area contributed by atoms with Crippen molar-refractivity contribution in [2.45, 2.75) is 49.6 Å². The van der Waals surface area contributed by atoms with Gasteiger partial charge in [0.25, 0.3) is 0 Å². The monoisotopic (exact) mass is 830 g/mol. The molecule has 0 saturated carbocycles. The number of carbonyl (C=O) groups is 4. The van der Waals surface area contributed by atoms with Crippen LogP contribution in [0.15, 0.2) is 67.0 Å². The Hall–Kier alpha value is -5.75. The van der Waals surface area contributed by atoms with Gasteiger partial charge in [-0.1, -0.05) is 18.2 Å². The Morgan fingerprint density at radius 3 is 1.46 bits per heavy atom. The first-order valence-corrected chi connectivity index (χ1v) is 14.8. The SMILES string of the molecule is Fc1ccc(CN2CCC3(C2)CN(Cc2ccccn2)c2cccnc23)cc1.O=C(O)C(F)(F)F.O=C(O)C(F)(F)F.O=C(O)C(F)(F)F.O=C(O)C(F)(F)F. The molecule has 1 atom stereocenters. The fourth-order valence-corrected chi connectivity index (χ4v) is 4.68. The summed E-state index contributed by atoms with van der Waals surface area (Å²) in [7, 11) is 0. The summed E-state index contributed by atoms with van der Waals surface area (Å²) < 4.78 is 140. The van der Waals surface area contributed by atoms with Crippen LogP contribution in [0.25, 0.3) is 0 Å². The maximum atomic E-state index is 13.2. The van der Waals surface area contributed by atoms with Gasteiger partial charge in [0.1, 0.15) is 5.82 Å². The van der Waals surface area contributed by atoms with Crippen molar-refractivity contribution in [2.75, 3.05) is 24.5 Å². The Labute approximate surface area is 305 Å². The Morgan fingerprint density at radius 1 is 0.607 bits per heavy atom. The van der Waals surface area contributed by atoms with Crippen LogP contribution in [0.4, 0.5) is 62.8 Å². The van der Waals surface area contributed by atoms with Crippen LogP contribution in [0.3, 0.4) is 0 Å². The van der Waals surface area contributed by atoms with E-state index in [2.05, 4.69) is 26.9 Å². The lowest BCUT2D eigenvalue weighted by molar-refractivity contribution is -0.193. The second kappa shape index (κ2) is 19.7. The number of pyridine rings is 2. The quantitative estimate of drug-likeness (QED) is 0.216. The fraction of sp³-hybridized carbons (Fsp3) is 0.355. The Bertz CT molecular complexity index is 1660. The second-order valence-corrected chi connectivity index (χ2v) is 11.1. The van der Waals surface area contributed by atoms with Gasteiger partial charge in [0, 0.05) is 37.4 Å². The van der Waals surface area contributed by atoms with Gasteiger partial charge in [-0.2, -0.15) is 52.7 Å². The van der Waals surface area contributed by atoms with Crippen LogP contribution in [0.5, 0.6) is 0 Å². The average Bonchev–Trinajstić information content (AvgIpc) is 3.61. The van der Waals surface area contributed by atoms with E-state index in [1.54, 1.807) is 12.1 Å². The molecule has 0 amide bonds. The number of hydrogen-bond donors (Lipinski definition) is 4. The maximum Gasteiger partial charge on any atom is 0.490 e. The Balaban J connectivity index is 0.000000457. The van der Waals surface area contributed by atoms with E-state index >= 15 is 0 Å². The van der Waals surface area contributed by atoms with Gasteiger partial charge in [0.05, 0.1) is 23.6 Å². The molecule has 4 N–H and O–H groups in total. The zero-order valence-corrected chi connectivity index (χ0v) is 27.7. The highest BCUT2D eigenvalue weighted by molar-refractivity contribution is 5.74. The van der Waals surface area contributed by atoms with Crippen molar-refractivity contribution >= 4 is 29.6 Å². The van der Waals surface area contributed by atoms with Crippen molar-refractivity contribution in [2.24, 2.45) is 0 Å². The number of anilines is 1. The van der Waals surface area contributed by atoms with Gasteiger partial charge in [0.15, 0.2) is 0 Å². The molecule has 25 heteroatoms. The number of carboxylic acids is 4. The molecule has 56 heavy (non-hydrogen) atoms. The molecule has 0 bridgehead atoms. The van der Waals surface area contributed by atoms with Crippen molar-refractivity contribution in [3.63, 3.8) is 0 Å². The van der Waals surface area contributed by atoms with E-state index in [0.29, 0.717) is 0 Å². The van der Waals surface area contributed by atoms with Gasteiger partial charge in [0.2, 0.25) is 0 Å². The summed E-state index contributed by atoms with van der Waals surface area (Å²) in [5.74, 6) is -11.2. The third kappa shape index (κ3) is 16.3. The standard InChI is InChI=1S/C23H23FN4.4C2HF3O2/c24-19-8-6-18(7-9-19)14-27-13-10-23(16-27)17-28(15-20-4-1-2-11-25-20)21-5-3-12-26-22(21)23;4*3-2(4,5)1(6)7/h1-9,11-12H,10,13-17H2;4*(H,6,7). The smallest absolute Gasteiger partial charge is 0.475 e. The first kappa shape index (κ1) is 48.3. The molecule has 1 spiro atoms. The van der Waals surface area contributed by atoms with Gasteiger partial charge in [-0.25, -0.2) is 23.6 Å². The molecule has 12 nitrogen and oxygen atoms in total. The molecule has 0 radical (unpaired) electrons. The number of fused-ring (bicyclic) bond motifs is 2. The van der Waals surface area contributed by atoms with Crippen molar-refractivity contribution in [1.29, 1.82) is 0 Å². The van der Waals surface area contributed by atoms with Crippen molar-refractivity contribution in [3.8, 4) is 0 Å². The summed E-state index contributed by atoms with van der Waals surface area (Å²) in [5, 5.41) is 28.5. The van der Waals surface area contributed by atoms with Crippen molar-refractivity contribution in [3.05, 3.63) is 89.8 Å². The van der Waals surface area contributed by atoms with Crippen LogP contribution in [0.2, 0.25) is 0 Å². The third-order valence-electron chi connectivity index (χ3n) is 6.92. The minimum absolute atomic E-state index is 0.0609. The van der Waals surface area contributed by atoms with E-state index < -0.39 is 48.6 Å². The molecule has 0 aliphatic carbocycles. The summed E-state index contributed by atoms with van der Waals surface area (Å²) in [4.78, 5) is 49.8. The lowest BCUT2D eigenvalue weighted by Gasteiger charge is -2.26. The van der Waals surface area contributed by atoms with Crippen molar-refractivity contribution < 1.29 is 96.7 Å². The molecule has 4 heterocycles. The van der Waals surface area contributed by atoms with E-state index in [0.717, 1.165) is 50.4 Å². The predicted octanol–water partition coefficient (Wildman–Crippen LogP) is 6.31. The number of carboxylic acid groups (broad SMARTS) is 4. The summed E-state index contributed by atoms with van der Waals surface area (Å²) in [6, 6.07) is 17.1. The fourth-order valence-electron chi connectivity index (χ4n) is 4.68. The molecule has 1 aromatic carbocycles. The number of rotatable bonds is 4. The molecule has 5 rings (SSSR count). The van der Waals surface area contributed by atoms with E-state index in [-0.39, 0.29) is 11.2 Å². The van der Waals surface area contributed by atoms with E-state index in [1.165, 1.54) is 11.4 Å². The summed E-state index contributed by atoms with van der Waals surface area (Å²) in [5.41, 5.74) is 4.74. The highest BCUT2D eigenvalue weighted by atomic mass is 19.4. The highest BCUT2D eigenvalue weighted by Crippen LogP contribution is 2.45. The van der Waals surface area contributed by atoms with E-state index in [4.69, 9.17) is 44.6 Å². The molecular weight excluding hydrogens is 803 g/mol. The van der Waals surface area contributed by atoms with E-state index in [9.17, 15) is 57.1 Å². The number of hydrogen-bond acceptors (Lipinski definition) is 8. The highest BCUT2D eigenvalue weighted by Gasteiger charge is 2.48. The molecule has 2 aliphatic heterocycles. The molecule has 1 unspecified atom stereocenters. The minimum Gasteiger partial charge on any atom is -0.475 e. The second-order valence-electron chi connectivity index (χ2n) is 11.1. The number of aromatic nitrogens is 2. The molecule has 310 valence electrons.